The molecule has 1 amide bonds. The number of piperidine rings is 1. The Hall–Kier alpha value is -2.84. The number of nitrogens with zero attached hydrogens (tertiary/aromatic N) is 5. The highest BCUT2D eigenvalue weighted by Crippen LogP contribution is 2.32. The van der Waals surface area contributed by atoms with Crippen molar-refractivity contribution >= 4 is 16.8 Å². The fourth-order valence-corrected chi connectivity index (χ4v) is 3.89. The maximum atomic E-state index is 13.1. The molecule has 0 radical (unpaired) electrons. The second kappa shape index (κ2) is 6.65. The Morgan fingerprint density at radius 1 is 1.21 bits per heavy atom. The number of para-hydroxylation sites is 1. The molecule has 1 aromatic carbocycles. The number of carbonyl (C=O) groups excluding carboxylic acids is 1. The molecule has 28 heavy (non-hydrogen) atoms. The molecule has 0 bridgehead atoms. The lowest BCUT2D eigenvalue weighted by Gasteiger charge is -2.32. The summed E-state index contributed by atoms with van der Waals surface area (Å²) in [5, 5.41) is 5.14. The van der Waals surface area contributed by atoms with Crippen LogP contribution in [0, 0.1) is 0 Å². The van der Waals surface area contributed by atoms with E-state index in [9.17, 15) is 18.0 Å². The topological polar surface area (TPSA) is 56.0 Å². The largest absolute Gasteiger partial charge is 0.434 e. The molecule has 9 heteroatoms. The molecule has 1 aliphatic heterocycles. The molecular weight excluding hydrogens is 371 g/mol. The third-order valence-corrected chi connectivity index (χ3v) is 5.24. The number of alkyl halides is 3. The van der Waals surface area contributed by atoms with E-state index >= 15 is 0 Å². The number of aromatic nitrogens is 4. The zero-order valence-electron chi connectivity index (χ0n) is 15.6. The number of hydrogen-bond donors (Lipinski definition) is 0. The predicted molar refractivity (Wildman–Crippen MR) is 96.8 cm³/mol. The molecule has 1 saturated heterocycles. The van der Waals surface area contributed by atoms with Gasteiger partial charge in [0.1, 0.15) is 5.82 Å². The molecule has 0 saturated carbocycles. The van der Waals surface area contributed by atoms with Gasteiger partial charge in [-0.05, 0) is 18.9 Å². The molecule has 1 fully saturated rings. The molecule has 1 atom stereocenters. The second-order valence-electron chi connectivity index (χ2n) is 7.17. The summed E-state index contributed by atoms with van der Waals surface area (Å²) in [5.41, 5.74) is 0.331. The maximum absolute atomic E-state index is 13.1. The van der Waals surface area contributed by atoms with Crippen LogP contribution in [0.4, 0.5) is 13.2 Å². The Bertz CT molecular complexity index is 1040. The number of carbonyl (C=O) groups is 1. The smallest absolute Gasteiger partial charge is 0.337 e. The van der Waals surface area contributed by atoms with Crippen molar-refractivity contribution in [2.45, 2.75) is 24.9 Å². The van der Waals surface area contributed by atoms with Gasteiger partial charge in [0.2, 0.25) is 0 Å². The highest BCUT2D eigenvalue weighted by molar-refractivity contribution is 6.04. The van der Waals surface area contributed by atoms with Gasteiger partial charge in [0.15, 0.2) is 11.4 Å². The highest BCUT2D eigenvalue weighted by atomic mass is 19.4. The zero-order valence-corrected chi connectivity index (χ0v) is 15.6. The second-order valence-corrected chi connectivity index (χ2v) is 7.17. The monoisotopic (exact) mass is 391 g/mol. The van der Waals surface area contributed by atoms with Crippen molar-refractivity contribution in [1.29, 1.82) is 0 Å². The van der Waals surface area contributed by atoms with Crippen molar-refractivity contribution in [3.05, 3.63) is 47.7 Å². The fraction of sp³-hybridized carbons (Fsp3) is 0.421. The van der Waals surface area contributed by atoms with Gasteiger partial charge in [0.25, 0.3) is 5.91 Å². The minimum Gasteiger partial charge on any atom is -0.337 e. The van der Waals surface area contributed by atoms with Crippen molar-refractivity contribution < 1.29 is 18.0 Å². The quantitative estimate of drug-likeness (QED) is 0.673. The van der Waals surface area contributed by atoms with Crippen LogP contribution in [0.1, 0.15) is 40.8 Å². The molecule has 2 aromatic heterocycles. The minimum atomic E-state index is -4.48. The van der Waals surface area contributed by atoms with Gasteiger partial charge in [0.05, 0.1) is 5.52 Å². The Morgan fingerprint density at radius 2 is 1.96 bits per heavy atom. The van der Waals surface area contributed by atoms with E-state index < -0.39 is 11.9 Å². The van der Waals surface area contributed by atoms with E-state index in [1.807, 2.05) is 24.3 Å². The first-order chi connectivity index (χ1) is 13.3. The summed E-state index contributed by atoms with van der Waals surface area (Å²) in [6, 6.07) is 7.48. The molecule has 3 heterocycles. The number of amides is 1. The molecular formula is C19H20F3N5O. The number of aryl methyl sites for hydroxylation is 2. The van der Waals surface area contributed by atoms with Crippen molar-refractivity contribution in [2.24, 2.45) is 14.1 Å². The maximum Gasteiger partial charge on any atom is 0.434 e. The van der Waals surface area contributed by atoms with Gasteiger partial charge in [-0.1, -0.05) is 18.2 Å². The third kappa shape index (κ3) is 3.14. The molecule has 0 aliphatic carbocycles. The summed E-state index contributed by atoms with van der Waals surface area (Å²) in [7, 11) is 3.34. The number of imidazole rings is 1. The van der Waals surface area contributed by atoms with Gasteiger partial charge in [-0.2, -0.15) is 18.3 Å². The van der Waals surface area contributed by atoms with E-state index in [0.717, 1.165) is 17.1 Å². The third-order valence-electron chi connectivity index (χ3n) is 5.24. The van der Waals surface area contributed by atoms with E-state index in [2.05, 4.69) is 10.1 Å². The minimum absolute atomic E-state index is 0.202. The summed E-state index contributed by atoms with van der Waals surface area (Å²) in [6.07, 6.45) is -2.08. The molecule has 148 valence electrons. The summed E-state index contributed by atoms with van der Waals surface area (Å²) >= 11 is 0. The molecule has 6 nitrogen and oxygen atoms in total. The fourth-order valence-electron chi connectivity index (χ4n) is 3.89. The van der Waals surface area contributed by atoms with Gasteiger partial charge >= 0.3 is 6.18 Å². The average molecular weight is 391 g/mol. The van der Waals surface area contributed by atoms with Crippen molar-refractivity contribution in [3.63, 3.8) is 0 Å². The number of fused-ring (bicyclic) bond motifs is 1. The van der Waals surface area contributed by atoms with Crippen LogP contribution in [-0.2, 0) is 20.3 Å². The van der Waals surface area contributed by atoms with Crippen LogP contribution in [0.2, 0.25) is 0 Å². The highest BCUT2D eigenvalue weighted by Gasteiger charge is 2.36. The Kier molecular flexibility index (Phi) is 4.40. The standard InChI is InChI=1S/C19H20F3N5O/c1-25-11-15(19(20,21)22)23-17(25)12-6-5-9-27(10-12)18(28)16-13-7-3-4-8-14(13)26(2)24-16/h3-4,7-8,11-12H,5-6,9-10H2,1-2H3. The summed E-state index contributed by atoms with van der Waals surface area (Å²) in [4.78, 5) is 18.6. The van der Waals surface area contributed by atoms with Crippen LogP contribution in [-0.4, -0.2) is 43.2 Å². The molecule has 0 N–H and O–H groups in total. The van der Waals surface area contributed by atoms with Crippen LogP contribution < -0.4 is 0 Å². The van der Waals surface area contributed by atoms with Crippen LogP contribution in [0.3, 0.4) is 0 Å². The van der Waals surface area contributed by atoms with E-state index in [0.29, 0.717) is 37.4 Å². The summed E-state index contributed by atoms with van der Waals surface area (Å²) in [5.74, 6) is -0.0868. The molecule has 1 aliphatic rings. The number of likely N-dealkylation sites (tertiary alicyclic amines) is 1. The zero-order chi connectivity index (χ0) is 20.1. The number of hydrogen-bond acceptors (Lipinski definition) is 3. The van der Waals surface area contributed by atoms with Crippen LogP contribution in [0.15, 0.2) is 30.5 Å². The van der Waals surface area contributed by atoms with Crippen molar-refractivity contribution in [2.75, 3.05) is 13.1 Å². The van der Waals surface area contributed by atoms with Gasteiger partial charge < -0.3 is 9.47 Å². The normalized spacial score (nSPS) is 18.0. The van der Waals surface area contributed by atoms with Crippen molar-refractivity contribution in [1.82, 2.24) is 24.2 Å². The SMILES string of the molecule is Cn1cc(C(F)(F)F)nc1C1CCCN(C(=O)c2nn(C)c3ccccc23)C1. The van der Waals surface area contributed by atoms with Gasteiger partial charge in [-0.3, -0.25) is 9.48 Å². The molecule has 1 unspecified atom stereocenters. The lowest BCUT2D eigenvalue weighted by Crippen LogP contribution is -2.40. The van der Waals surface area contributed by atoms with Crippen molar-refractivity contribution in [3.8, 4) is 0 Å². The number of halogens is 3. The lowest BCUT2D eigenvalue weighted by atomic mass is 9.96. The Labute approximate surface area is 159 Å². The average Bonchev–Trinajstić information content (AvgIpc) is 3.22. The molecule has 4 rings (SSSR count). The van der Waals surface area contributed by atoms with E-state index in [-0.39, 0.29) is 11.8 Å². The number of benzene rings is 1. The first kappa shape index (κ1) is 18.5. The molecule has 0 spiro atoms. The lowest BCUT2D eigenvalue weighted by molar-refractivity contribution is -0.141. The van der Waals surface area contributed by atoms with Gasteiger partial charge in [-0.25, -0.2) is 4.98 Å². The first-order valence-electron chi connectivity index (χ1n) is 9.07. The summed E-state index contributed by atoms with van der Waals surface area (Å²) in [6.45, 7) is 0.878. The Balaban J connectivity index is 1.60. The first-order valence-corrected chi connectivity index (χ1v) is 9.07. The van der Waals surface area contributed by atoms with Crippen LogP contribution >= 0.6 is 0 Å². The molecule has 3 aromatic rings. The van der Waals surface area contributed by atoms with Gasteiger partial charge in [-0.15, -0.1) is 0 Å². The summed E-state index contributed by atoms with van der Waals surface area (Å²) < 4.78 is 42.0. The number of rotatable bonds is 2. The predicted octanol–water partition coefficient (Wildman–Crippen LogP) is 3.35. The van der Waals surface area contributed by atoms with E-state index in [4.69, 9.17) is 0 Å². The van der Waals surface area contributed by atoms with Crippen LogP contribution in [0.5, 0.6) is 0 Å². The van der Waals surface area contributed by atoms with Gasteiger partial charge in [0, 0.05) is 44.7 Å². The van der Waals surface area contributed by atoms with E-state index in [1.54, 1.807) is 23.7 Å². The Morgan fingerprint density at radius 3 is 2.68 bits per heavy atom. The van der Waals surface area contributed by atoms with E-state index in [1.165, 1.54) is 4.57 Å². The van der Waals surface area contributed by atoms with Crippen LogP contribution in [0.25, 0.3) is 10.9 Å².